The minimum absolute atomic E-state index is 0.179. The first-order chi connectivity index (χ1) is 31.7. The van der Waals surface area contributed by atoms with Gasteiger partial charge in [0, 0.05) is 66.7 Å². The Bertz CT molecular complexity index is 3770. The number of hydrogen-bond donors (Lipinski definition) is 0. The van der Waals surface area contributed by atoms with Crippen LogP contribution in [-0.4, -0.2) is 22.6 Å². The van der Waals surface area contributed by atoms with Crippen LogP contribution < -0.4 is 42.6 Å². The van der Waals surface area contributed by atoms with Crippen LogP contribution >= 0.6 is 0 Å². The topological polar surface area (TPSA) is 63.9 Å². The standard InChI is InChI=1S/C56H30B2N6/c59-31-33-25-27-47-51-53(33)63-45-23-9-7-17-37(45)39-19-11-21-41(55(39)63)57(51)43-29-44-50(30-49(43)61(47)35-13-3-1-4-14-35)62(36-15-5-2-6-16-36)48-28-26-34(32-60)54-52(48)58(44)42-22-12-20-40-38-18-8-10-24-46(38)64(54)56(40)42/h1-30H. The van der Waals surface area contributed by atoms with Crippen LogP contribution in [0.4, 0.5) is 34.1 Å². The molecule has 0 bridgehead atoms. The van der Waals surface area contributed by atoms with E-state index >= 15 is 0 Å². The lowest BCUT2D eigenvalue weighted by molar-refractivity contribution is 1.16. The van der Waals surface area contributed by atoms with Gasteiger partial charge >= 0.3 is 0 Å². The van der Waals surface area contributed by atoms with Gasteiger partial charge in [-0.05, 0) is 99.5 Å². The highest BCUT2D eigenvalue weighted by molar-refractivity contribution is 7.03. The van der Waals surface area contributed by atoms with Gasteiger partial charge in [-0.1, -0.05) is 115 Å². The van der Waals surface area contributed by atoms with Crippen molar-refractivity contribution < 1.29 is 0 Å². The van der Waals surface area contributed by atoms with Crippen LogP contribution in [0.15, 0.2) is 182 Å². The summed E-state index contributed by atoms with van der Waals surface area (Å²) in [7, 11) is 0. The lowest BCUT2D eigenvalue weighted by Gasteiger charge is -2.44. The van der Waals surface area contributed by atoms with Gasteiger partial charge in [0.05, 0.1) is 33.5 Å². The summed E-state index contributed by atoms with van der Waals surface area (Å²) in [6.07, 6.45) is 0. The number of para-hydroxylation sites is 6. The van der Waals surface area contributed by atoms with Gasteiger partial charge in [-0.25, -0.2) is 0 Å². The van der Waals surface area contributed by atoms with E-state index in [4.69, 9.17) is 0 Å². The number of nitrogens with zero attached hydrogens (tertiary/aromatic N) is 6. The number of rotatable bonds is 2. The summed E-state index contributed by atoms with van der Waals surface area (Å²) in [6, 6.07) is 70.6. The van der Waals surface area contributed by atoms with E-state index in [0.717, 1.165) is 78.5 Å². The Morgan fingerprint density at radius 2 is 0.781 bits per heavy atom. The number of aromatic nitrogens is 2. The van der Waals surface area contributed by atoms with Crippen LogP contribution in [-0.2, 0) is 0 Å². The van der Waals surface area contributed by atoms with Crippen molar-refractivity contribution in [1.29, 1.82) is 10.5 Å². The third-order valence-corrected chi connectivity index (χ3v) is 14.5. The average Bonchev–Trinajstić information content (AvgIpc) is 3.88. The SMILES string of the molecule is N#Cc1ccc2c3c1-n1c4ccccc4c4cccc(c41)B3c1cc3c(cc1N2c1ccccc1)N(c1ccccc1)c1ccc(C#N)c2c1B3c1cccc3c4ccccc4n-2c13. The zero-order chi connectivity index (χ0) is 41.9. The number of anilines is 6. The molecule has 0 N–H and O–H groups in total. The van der Waals surface area contributed by atoms with Gasteiger partial charge in [0.1, 0.15) is 12.1 Å². The largest absolute Gasteiger partial charge is 0.311 e. The molecule has 0 spiro atoms. The summed E-state index contributed by atoms with van der Waals surface area (Å²) in [5, 5.41) is 26.7. The summed E-state index contributed by atoms with van der Waals surface area (Å²) in [6.45, 7) is -0.359. The number of benzene rings is 9. The van der Waals surface area contributed by atoms with Crippen molar-refractivity contribution in [2.75, 3.05) is 9.80 Å². The maximum Gasteiger partial charge on any atom is 0.252 e. The zero-order valence-corrected chi connectivity index (χ0v) is 34.2. The van der Waals surface area contributed by atoms with Crippen molar-refractivity contribution in [3.8, 4) is 23.5 Å². The second kappa shape index (κ2) is 12.0. The summed E-state index contributed by atoms with van der Waals surface area (Å²) in [4.78, 5) is 4.84. The zero-order valence-electron chi connectivity index (χ0n) is 34.2. The summed E-state index contributed by atoms with van der Waals surface area (Å²) in [5.74, 6) is 0. The van der Waals surface area contributed by atoms with E-state index in [2.05, 4.69) is 201 Å². The van der Waals surface area contributed by atoms with Crippen LogP contribution in [0.1, 0.15) is 11.1 Å². The summed E-state index contributed by atoms with van der Waals surface area (Å²) < 4.78 is 4.73. The van der Waals surface area contributed by atoms with Gasteiger partial charge in [0.2, 0.25) is 0 Å². The van der Waals surface area contributed by atoms with Gasteiger partial charge in [0.15, 0.2) is 0 Å². The average molecular weight is 809 g/mol. The molecule has 8 heteroatoms. The normalized spacial score (nSPS) is 13.5. The van der Waals surface area contributed by atoms with E-state index < -0.39 is 0 Å². The van der Waals surface area contributed by atoms with Crippen LogP contribution in [0, 0.1) is 22.7 Å². The predicted octanol–water partition coefficient (Wildman–Crippen LogP) is 8.85. The van der Waals surface area contributed by atoms with E-state index in [-0.39, 0.29) is 13.4 Å². The lowest BCUT2D eigenvalue weighted by Crippen LogP contribution is -2.64. The molecule has 6 nitrogen and oxygen atoms in total. The van der Waals surface area contributed by atoms with E-state index in [1.54, 1.807) is 0 Å². The Hall–Kier alpha value is -8.71. The van der Waals surface area contributed by atoms with E-state index in [1.807, 2.05) is 12.1 Å². The van der Waals surface area contributed by atoms with Crippen molar-refractivity contribution >= 4 is 124 Å². The maximum absolute atomic E-state index is 11.0. The maximum atomic E-state index is 11.0. The minimum Gasteiger partial charge on any atom is -0.311 e. The third-order valence-electron chi connectivity index (χ3n) is 14.5. The van der Waals surface area contributed by atoms with Gasteiger partial charge in [-0.15, -0.1) is 0 Å². The minimum atomic E-state index is -0.179. The molecular formula is C56H30B2N6. The molecule has 9 aromatic carbocycles. The second-order valence-corrected chi connectivity index (χ2v) is 17.4. The molecule has 0 saturated heterocycles. The molecule has 0 amide bonds. The number of fused-ring (bicyclic) bond motifs is 14. The van der Waals surface area contributed by atoms with Crippen LogP contribution in [0.25, 0.3) is 55.0 Å². The van der Waals surface area contributed by atoms with E-state index in [9.17, 15) is 10.5 Å². The smallest absolute Gasteiger partial charge is 0.252 e. The van der Waals surface area contributed by atoms with Crippen molar-refractivity contribution in [3.63, 3.8) is 0 Å². The molecular weight excluding hydrogens is 778 g/mol. The number of hydrogen-bond acceptors (Lipinski definition) is 4. The molecule has 4 aliphatic rings. The fourth-order valence-electron chi connectivity index (χ4n) is 12.2. The molecule has 6 heterocycles. The highest BCUT2D eigenvalue weighted by atomic mass is 15.2. The molecule has 0 fully saturated rings. The van der Waals surface area contributed by atoms with Crippen molar-refractivity contribution in [2.45, 2.75) is 0 Å². The molecule has 11 aromatic rings. The van der Waals surface area contributed by atoms with Crippen molar-refractivity contribution in [2.24, 2.45) is 0 Å². The van der Waals surface area contributed by atoms with Gasteiger partial charge in [-0.2, -0.15) is 10.5 Å². The van der Waals surface area contributed by atoms with Crippen molar-refractivity contribution in [1.82, 2.24) is 9.13 Å². The summed E-state index contributed by atoms with van der Waals surface area (Å²) in [5.41, 5.74) is 21.2. The Kier molecular flexibility index (Phi) is 6.37. The molecule has 15 rings (SSSR count). The van der Waals surface area contributed by atoms with E-state index in [1.165, 1.54) is 43.4 Å². The molecule has 64 heavy (non-hydrogen) atoms. The Labute approximate surface area is 368 Å². The lowest BCUT2D eigenvalue weighted by atomic mass is 9.30. The molecule has 2 aromatic heterocycles. The number of nitriles is 2. The third kappa shape index (κ3) is 3.98. The first-order valence-electron chi connectivity index (χ1n) is 21.8. The second-order valence-electron chi connectivity index (χ2n) is 17.4. The fourth-order valence-corrected chi connectivity index (χ4v) is 12.2. The van der Waals surface area contributed by atoms with Crippen LogP contribution in [0.5, 0.6) is 0 Å². The molecule has 0 saturated carbocycles. The monoisotopic (exact) mass is 808 g/mol. The van der Waals surface area contributed by atoms with Crippen LogP contribution in [0.3, 0.4) is 0 Å². The van der Waals surface area contributed by atoms with Gasteiger partial charge in [0.25, 0.3) is 13.4 Å². The quantitative estimate of drug-likeness (QED) is 0.164. The molecule has 0 aliphatic carbocycles. The first-order valence-corrected chi connectivity index (χ1v) is 21.8. The Balaban J connectivity index is 1.13. The highest BCUT2D eigenvalue weighted by Gasteiger charge is 2.48. The van der Waals surface area contributed by atoms with Gasteiger partial charge in [-0.3, -0.25) is 0 Å². The van der Waals surface area contributed by atoms with Crippen LogP contribution in [0.2, 0.25) is 0 Å². The molecule has 290 valence electrons. The fraction of sp³-hybridized carbons (Fsp3) is 0. The highest BCUT2D eigenvalue weighted by Crippen LogP contribution is 2.47. The van der Waals surface area contributed by atoms with Crippen molar-refractivity contribution in [3.05, 3.63) is 193 Å². The Morgan fingerprint density at radius 3 is 1.23 bits per heavy atom. The molecule has 0 unspecified atom stereocenters. The first kappa shape index (κ1) is 33.9. The van der Waals surface area contributed by atoms with Gasteiger partial charge < -0.3 is 18.9 Å². The van der Waals surface area contributed by atoms with E-state index in [0.29, 0.717) is 11.1 Å². The molecule has 4 aliphatic heterocycles. The predicted molar refractivity (Wildman–Crippen MR) is 263 cm³/mol. The molecule has 0 atom stereocenters. The molecule has 0 radical (unpaired) electrons. The Morgan fingerprint density at radius 1 is 0.359 bits per heavy atom. The summed E-state index contributed by atoms with van der Waals surface area (Å²) >= 11 is 0.